The lowest BCUT2D eigenvalue weighted by Gasteiger charge is -2.17. The van der Waals surface area contributed by atoms with Gasteiger partial charge in [-0.05, 0) is 26.2 Å². The van der Waals surface area contributed by atoms with Gasteiger partial charge in [-0.2, -0.15) is 0 Å². The van der Waals surface area contributed by atoms with Crippen LogP contribution in [0.3, 0.4) is 0 Å². The first-order chi connectivity index (χ1) is 8.45. The highest BCUT2D eigenvalue weighted by Gasteiger charge is 2.11. The Labute approximate surface area is 111 Å². The van der Waals surface area contributed by atoms with Crippen molar-refractivity contribution >= 4 is 5.97 Å². The van der Waals surface area contributed by atoms with E-state index >= 15 is 0 Å². The van der Waals surface area contributed by atoms with Crippen LogP contribution in [0.1, 0.15) is 47.5 Å². The zero-order valence-corrected chi connectivity index (χ0v) is 12.4. The maximum atomic E-state index is 11.3. The van der Waals surface area contributed by atoms with E-state index in [1.54, 1.807) is 0 Å². The first-order valence-corrected chi connectivity index (χ1v) is 6.84. The molecule has 0 aliphatic rings. The Morgan fingerprint density at radius 3 is 2.17 bits per heavy atom. The van der Waals surface area contributed by atoms with Crippen molar-refractivity contribution in [1.82, 2.24) is 0 Å². The average Bonchev–Trinajstić information content (AvgIpc) is 2.30. The average molecular weight is 260 g/mol. The summed E-state index contributed by atoms with van der Waals surface area (Å²) in [6, 6.07) is 0. The van der Waals surface area contributed by atoms with E-state index in [9.17, 15) is 4.79 Å². The molecule has 0 radical (unpaired) electrons. The van der Waals surface area contributed by atoms with E-state index in [0.717, 1.165) is 13.0 Å². The Balaban J connectivity index is 3.58. The molecule has 0 heterocycles. The summed E-state index contributed by atoms with van der Waals surface area (Å²) in [5.41, 5.74) is 0. The molecule has 18 heavy (non-hydrogen) atoms. The van der Waals surface area contributed by atoms with Gasteiger partial charge in [-0.25, -0.2) is 0 Å². The van der Waals surface area contributed by atoms with Gasteiger partial charge < -0.3 is 14.2 Å². The van der Waals surface area contributed by atoms with Gasteiger partial charge in [0, 0.05) is 13.0 Å². The molecule has 0 aromatic heterocycles. The van der Waals surface area contributed by atoms with Crippen LogP contribution >= 0.6 is 0 Å². The highest BCUT2D eigenvalue weighted by atomic mass is 16.6. The monoisotopic (exact) mass is 260 g/mol. The van der Waals surface area contributed by atoms with Crippen molar-refractivity contribution in [2.24, 2.45) is 5.92 Å². The van der Waals surface area contributed by atoms with Gasteiger partial charge in [-0.3, -0.25) is 4.79 Å². The third-order valence-corrected chi connectivity index (χ3v) is 2.28. The number of carbonyl (C=O) groups is 1. The molecule has 0 rings (SSSR count). The van der Waals surface area contributed by atoms with Gasteiger partial charge in [0.1, 0.15) is 6.61 Å². The second kappa shape index (κ2) is 10.3. The first kappa shape index (κ1) is 17.4. The van der Waals surface area contributed by atoms with Crippen LogP contribution in [0.5, 0.6) is 0 Å². The summed E-state index contributed by atoms with van der Waals surface area (Å²) in [6.45, 7) is 11.5. The van der Waals surface area contributed by atoms with Gasteiger partial charge in [0.15, 0.2) is 0 Å². The SMILES string of the molecule is CCCOC(C)COC(C)COC(=O)CC(C)C. The molecule has 0 saturated carbocycles. The summed E-state index contributed by atoms with van der Waals surface area (Å²) in [6.07, 6.45) is 1.46. The van der Waals surface area contributed by atoms with Gasteiger partial charge in [0.25, 0.3) is 0 Å². The first-order valence-electron chi connectivity index (χ1n) is 6.84. The normalized spacial score (nSPS) is 14.6. The summed E-state index contributed by atoms with van der Waals surface area (Å²) >= 11 is 0. The van der Waals surface area contributed by atoms with Gasteiger partial charge in [0.2, 0.25) is 0 Å². The standard InChI is InChI=1S/C14H28O4/c1-6-7-16-12(4)9-17-13(5)10-18-14(15)8-11(2)3/h11-13H,6-10H2,1-5H3. The smallest absolute Gasteiger partial charge is 0.306 e. The van der Waals surface area contributed by atoms with Gasteiger partial charge in [-0.1, -0.05) is 20.8 Å². The highest BCUT2D eigenvalue weighted by molar-refractivity contribution is 5.69. The molecule has 0 aromatic rings. The maximum absolute atomic E-state index is 11.3. The third-order valence-electron chi connectivity index (χ3n) is 2.28. The van der Waals surface area contributed by atoms with Crippen LogP contribution in [0.2, 0.25) is 0 Å². The lowest BCUT2D eigenvalue weighted by Crippen LogP contribution is -2.25. The van der Waals surface area contributed by atoms with Gasteiger partial charge in [0.05, 0.1) is 18.8 Å². The van der Waals surface area contributed by atoms with Crippen LogP contribution in [-0.2, 0) is 19.0 Å². The molecule has 4 heteroatoms. The molecule has 0 aromatic carbocycles. The lowest BCUT2D eigenvalue weighted by atomic mass is 10.1. The highest BCUT2D eigenvalue weighted by Crippen LogP contribution is 2.03. The van der Waals surface area contributed by atoms with E-state index in [-0.39, 0.29) is 18.2 Å². The third kappa shape index (κ3) is 10.5. The fraction of sp³-hybridized carbons (Fsp3) is 0.929. The van der Waals surface area contributed by atoms with Crippen molar-refractivity contribution in [3.63, 3.8) is 0 Å². The van der Waals surface area contributed by atoms with Crippen molar-refractivity contribution in [2.45, 2.75) is 59.7 Å². The van der Waals surface area contributed by atoms with Gasteiger partial charge >= 0.3 is 5.97 Å². The maximum Gasteiger partial charge on any atom is 0.306 e. The summed E-state index contributed by atoms with van der Waals surface area (Å²) in [5.74, 6) is 0.173. The number of carbonyl (C=O) groups excluding carboxylic acids is 1. The molecular weight excluding hydrogens is 232 g/mol. The molecule has 0 fully saturated rings. The lowest BCUT2D eigenvalue weighted by molar-refractivity contribution is -0.149. The van der Waals surface area contributed by atoms with E-state index in [2.05, 4.69) is 6.92 Å². The molecule has 0 bridgehead atoms. The second-order valence-electron chi connectivity index (χ2n) is 5.11. The summed E-state index contributed by atoms with van der Waals surface area (Å²) in [4.78, 5) is 11.3. The predicted molar refractivity (Wildman–Crippen MR) is 71.5 cm³/mol. The van der Waals surface area contributed by atoms with Crippen molar-refractivity contribution in [2.75, 3.05) is 19.8 Å². The van der Waals surface area contributed by atoms with Crippen LogP contribution in [0, 0.1) is 5.92 Å². The number of esters is 1. The summed E-state index contributed by atoms with van der Waals surface area (Å²) in [7, 11) is 0. The molecule has 0 spiro atoms. The van der Waals surface area contributed by atoms with E-state index in [1.165, 1.54) is 0 Å². The molecule has 0 amide bonds. The molecule has 0 aliphatic heterocycles. The molecule has 2 atom stereocenters. The molecular formula is C14H28O4. The Bertz CT molecular complexity index is 216. The van der Waals surface area contributed by atoms with Crippen LogP contribution in [0.15, 0.2) is 0 Å². The minimum Gasteiger partial charge on any atom is -0.463 e. The summed E-state index contributed by atoms with van der Waals surface area (Å²) in [5, 5.41) is 0. The zero-order chi connectivity index (χ0) is 14.0. The van der Waals surface area contributed by atoms with Crippen molar-refractivity contribution in [3.05, 3.63) is 0 Å². The fourth-order valence-corrected chi connectivity index (χ4v) is 1.32. The number of rotatable bonds is 10. The van der Waals surface area contributed by atoms with Crippen LogP contribution < -0.4 is 0 Å². The van der Waals surface area contributed by atoms with Gasteiger partial charge in [-0.15, -0.1) is 0 Å². The minimum atomic E-state index is -0.157. The number of hydrogen-bond acceptors (Lipinski definition) is 4. The van der Waals surface area contributed by atoms with Crippen molar-refractivity contribution < 1.29 is 19.0 Å². The van der Waals surface area contributed by atoms with Crippen molar-refractivity contribution in [1.29, 1.82) is 0 Å². The Morgan fingerprint density at radius 2 is 1.61 bits per heavy atom. The minimum absolute atomic E-state index is 0.0822. The molecule has 4 nitrogen and oxygen atoms in total. The molecule has 108 valence electrons. The largest absolute Gasteiger partial charge is 0.463 e. The molecule has 0 aliphatic carbocycles. The number of ether oxygens (including phenoxy) is 3. The Morgan fingerprint density at radius 1 is 1.00 bits per heavy atom. The molecule has 0 saturated heterocycles. The second-order valence-corrected chi connectivity index (χ2v) is 5.11. The molecule has 0 N–H and O–H groups in total. The van der Waals surface area contributed by atoms with Crippen LogP contribution in [0.4, 0.5) is 0 Å². The van der Waals surface area contributed by atoms with Crippen LogP contribution in [-0.4, -0.2) is 38.0 Å². The topological polar surface area (TPSA) is 44.8 Å². The van der Waals surface area contributed by atoms with E-state index in [1.807, 2.05) is 27.7 Å². The van der Waals surface area contributed by atoms with Crippen molar-refractivity contribution in [3.8, 4) is 0 Å². The van der Waals surface area contributed by atoms with E-state index in [4.69, 9.17) is 14.2 Å². The van der Waals surface area contributed by atoms with E-state index < -0.39 is 0 Å². The summed E-state index contributed by atoms with van der Waals surface area (Å²) < 4.78 is 16.2. The van der Waals surface area contributed by atoms with E-state index in [0.29, 0.717) is 25.6 Å². The predicted octanol–water partition coefficient (Wildman–Crippen LogP) is 2.80. The fourth-order valence-electron chi connectivity index (χ4n) is 1.32. The zero-order valence-electron chi connectivity index (χ0n) is 12.4. The van der Waals surface area contributed by atoms with Crippen LogP contribution in [0.25, 0.3) is 0 Å². The quantitative estimate of drug-likeness (QED) is 0.567. The Kier molecular flexibility index (Phi) is 9.98. The number of hydrogen-bond donors (Lipinski definition) is 0. The Hall–Kier alpha value is -0.610. The molecule has 2 unspecified atom stereocenters.